The van der Waals surface area contributed by atoms with Crippen molar-refractivity contribution in [3.8, 4) is 0 Å². The van der Waals surface area contributed by atoms with Crippen LogP contribution in [-0.4, -0.2) is 35.2 Å². The number of carboxylic acids is 1. The van der Waals surface area contributed by atoms with Crippen LogP contribution >= 0.6 is 0 Å². The number of likely N-dealkylation sites (tertiary alicyclic amines) is 1. The van der Waals surface area contributed by atoms with Crippen molar-refractivity contribution in [2.24, 2.45) is 5.41 Å². The molecule has 0 spiro atoms. The highest BCUT2D eigenvalue weighted by atomic mass is 16.6. The van der Waals surface area contributed by atoms with Gasteiger partial charge in [-0.25, -0.2) is 4.79 Å². The zero-order chi connectivity index (χ0) is 16.0. The SMILES string of the molecule is C=CCC1(C(=O)O)CCCN(C(=O)OCc2ccccc2)C1. The molecule has 118 valence electrons. The summed E-state index contributed by atoms with van der Waals surface area (Å²) < 4.78 is 5.29. The monoisotopic (exact) mass is 303 g/mol. The summed E-state index contributed by atoms with van der Waals surface area (Å²) in [5.74, 6) is -0.882. The smallest absolute Gasteiger partial charge is 0.410 e. The first-order valence-corrected chi connectivity index (χ1v) is 7.37. The number of hydrogen-bond donors (Lipinski definition) is 1. The Bertz CT molecular complexity index is 543. The van der Waals surface area contributed by atoms with Crippen molar-refractivity contribution in [1.82, 2.24) is 4.90 Å². The van der Waals surface area contributed by atoms with Crippen LogP contribution in [0.15, 0.2) is 43.0 Å². The van der Waals surface area contributed by atoms with Gasteiger partial charge in [0.1, 0.15) is 6.61 Å². The van der Waals surface area contributed by atoms with Gasteiger partial charge in [0.15, 0.2) is 0 Å². The molecular formula is C17H21NO4. The van der Waals surface area contributed by atoms with E-state index < -0.39 is 17.5 Å². The molecule has 0 bridgehead atoms. The van der Waals surface area contributed by atoms with E-state index in [-0.39, 0.29) is 13.2 Å². The van der Waals surface area contributed by atoms with Crippen LogP contribution in [0.3, 0.4) is 0 Å². The number of carbonyl (C=O) groups is 2. The Kier molecular flexibility index (Phi) is 5.20. The predicted octanol–water partition coefficient (Wildman–Crippen LogP) is 3.07. The molecule has 1 saturated heterocycles. The number of aliphatic carboxylic acids is 1. The highest BCUT2D eigenvalue weighted by Crippen LogP contribution is 2.34. The quantitative estimate of drug-likeness (QED) is 0.849. The molecule has 1 aromatic rings. The molecule has 22 heavy (non-hydrogen) atoms. The van der Waals surface area contributed by atoms with Crippen molar-refractivity contribution in [2.45, 2.75) is 25.9 Å². The Morgan fingerprint density at radius 3 is 2.73 bits per heavy atom. The maximum atomic E-state index is 12.2. The highest BCUT2D eigenvalue weighted by Gasteiger charge is 2.43. The first kappa shape index (κ1) is 16.1. The average molecular weight is 303 g/mol. The number of hydrogen-bond acceptors (Lipinski definition) is 3. The number of piperidine rings is 1. The molecule has 5 heteroatoms. The van der Waals surface area contributed by atoms with E-state index >= 15 is 0 Å². The van der Waals surface area contributed by atoms with Gasteiger partial charge in [-0.1, -0.05) is 36.4 Å². The third-order valence-electron chi connectivity index (χ3n) is 4.03. The van der Waals surface area contributed by atoms with Crippen LogP contribution in [-0.2, 0) is 16.1 Å². The molecule has 1 aliphatic heterocycles. The molecule has 0 aromatic heterocycles. The summed E-state index contributed by atoms with van der Waals surface area (Å²) in [5.41, 5.74) is -0.0328. The summed E-state index contributed by atoms with van der Waals surface area (Å²) in [6, 6.07) is 9.41. The number of nitrogens with zero attached hydrogens (tertiary/aromatic N) is 1. The fourth-order valence-electron chi connectivity index (χ4n) is 2.80. The topological polar surface area (TPSA) is 66.8 Å². The summed E-state index contributed by atoms with van der Waals surface area (Å²) in [6.07, 6.45) is 2.70. The van der Waals surface area contributed by atoms with Crippen molar-refractivity contribution in [3.63, 3.8) is 0 Å². The minimum Gasteiger partial charge on any atom is -0.481 e. The first-order chi connectivity index (χ1) is 10.6. The van der Waals surface area contributed by atoms with Gasteiger partial charge in [0.2, 0.25) is 0 Å². The molecule has 1 aromatic carbocycles. The summed E-state index contributed by atoms with van der Waals surface area (Å²) in [7, 11) is 0. The lowest BCUT2D eigenvalue weighted by atomic mass is 9.77. The molecule has 1 unspecified atom stereocenters. The summed E-state index contributed by atoms with van der Waals surface area (Å²) in [5, 5.41) is 9.50. The molecule has 5 nitrogen and oxygen atoms in total. The number of amides is 1. The van der Waals surface area contributed by atoms with Crippen molar-refractivity contribution in [3.05, 3.63) is 48.6 Å². The number of ether oxygens (including phenoxy) is 1. The number of allylic oxidation sites excluding steroid dienone is 1. The molecule has 1 aliphatic rings. The van der Waals surface area contributed by atoms with Crippen molar-refractivity contribution in [1.29, 1.82) is 0 Å². The van der Waals surface area contributed by atoms with Crippen molar-refractivity contribution in [2.75, 3.05) is 13.1 Å². The van der Waals surface area contributed by atoms with E-state index in [1.807, 2.05) is 30.3 Å². The van der Waals surface area contributed by atoms with E-state index in [9.17, 15) is 14.7 Å². The van der Waals surface area contributed by atoms with Gasteiger partial charge in [-0.05, 0) is 24.8 Å². The van der Waals surface area contributed by atoms with E-state index in [0.29, 0.717) is 25.8 Å². The number of carboxylic acid groups (broad SMARTS) is 1. The minimum absolute atomic E-state index is 0.169. The normalized spacial score (nSPS) is 21.2. The number of benzene rings is 1. The molecule has 1 fully saturated rings. The molecule has 1 heterocycles. The fourth-order valence-corrected chi connectivity index (χ4v) is 2.80. The lowest BCUT2D eigenvalue weighted by Crippen LogP contribution is -2.49. The zero-order valence-electron chi connectivity index (χ0n) is 12.5. The third-order valence-corrected chi connectivity index (χ3v) is 4.03. The lowest BCUT2D eigenvalue weighted by molar-refractivity contribution is -0.151. The fraction of sp³-hybridized carbons (Fsp3) is 0.412. The zero-order valence-corrected chi connectivity index (χ0v) is 12.5. The lowest BCUT2D eigenvalue weighted by Gasteiger charge is -2.38. The van der Waals surface area contributed by atoms with Crippen LogP contribution in [0.25, 0.3) is 0 Å². The van der Waals surface area contributed by atoms with E-state index in [4.69, 9.17) is 4.74 Å². The number of carbonyl (C=O) groups excluding carboxylic acids is 1. The van der Waals surface area contributed by atoms with E-state index in [1.54, 1.807) is 6.08 Å². The van der Waals surface area contributed by atoms with E-state index in [2.05, 4.69) is 6.58 Å². The molecule has 0 aliphatic carbocycles. The molecule has 2 rings (SSSR count). The Morgan fingerprint density at radius 2 is 2.09 bits per heavy atom. The minimum atomic E-state index is -0.939. The van der Waals surface area contributed by atoms with Gasteiger partial charge in [-0.3, -0.25) is 4.79 Å². The van der Waals surface area contributed by atoms with Gasteiger partial charge >= 0.3 is 12.1 Å². The second-order valence-corrected chi connectivity index (χ2v) is 5.64. The summed E-state index contributed by atoms with van der Waals surface area (Å²) in [4.78, 5) is 25.2. The van der Waals surface area contributed by atoms with Gasteiger partial charge in [-0.15, -0.1) is 6.58 Å². The second kappa shape index (κ2) is 7.11. The largest absolute Gasteiger partial charge is 0.481 e. The average Bonchev–Trinajstić information content (AvgIpc) is 2.54. The molecular weight excluding hydrogens is 282 g/mol. The van der Waals surface area contributed by atoms with Gasteiger partial charge in [0, 0.05) is 13.1 Å². The summed E-state index contributed by atoms with van der Waals surface area (Å²) >= 11 is 0. The molecule has 0 saturated carbocycles. The molecule has 1 atom stereocenters. The van der Waals surface area contributed by atoms with Gasteiger partial charge in [-0.2, -0.15) is 0 Å². The Balaban J connectivity index is 1.97. The van der Waals surface area contributed by atoms with Crippen LogP contribution in [0.2, 0.25) is 0 Å². The van der Waals surface area contributed by atoms with Crippen molar-refractivity contribution >= 4 is 12.1 Å². The van der Waals surface area contributed by atoms with Gasteiger partial charge < -0.3 is 14.7 Å². The maximum Gasteiger partial charge on any atom is 0.410 e. The van der Waals surface area contributed by atoms with Gasteiger partial charge in [0.25, 0.3) is 0 Å². The van der Waals surface area contributed by atoms with Gasteiger partial charge in [0.05, 0.1) is 5.41 Å². The Labute approximate surface area is 130 Å². The Morgan fingerprint density at radius 1 is 1.36 bits per heavy atom. The van der Waals surface area contributed by atoms with E-state index in [0.717, 1.165) is 5.56 Å². The van der Waals surface area contributed by atoms with Crippen LogP contribution in [0.4, 0.5) is 4.79 Å². The van der Waals surface area contributed by atoms with Crippen LogP contribution < -0.4 is 0 Å². The Hall–Kier alpha value is -2.30. The maximum absolute atomic E-state index is 12.2. The first-order valence-electron chi connectivity index (χ1n) is 7.37. The molecule has 0 radical (unpaired) electrons. The highest BCUT2D eigenvalue weighted by molar-refractivity contribution is 5.77. The predicted molar refractivity (Wildman–Crippen MR) is 82.3 cm³/mol. The van der Waals surface area contributed by atoms with Crippen LogP contribution in [0.5, 0.6) is 0 Å². The second-order valence-electron chi connectivity index (χ2n) is 5.64. The van der Waals surface area contributed by atoms with Crippen molar-refractivity contribution < 1.29 is 19.4 Å². The standard InChI is InChI=1S/C17H21NO4/c1-2-9-17(15(19)20)10-6-11-18(13-17)16(21)22-12-14-7-4-3-5-8-14/h2-5,7-8H,1,6,9-13H2,(H,19,20). The van der Waals surface area contributed by atoms with Crippen LogP contribution in [0, 0.1) is 5.41 Å². The summed E-state index contributed by atoms with van der Waals surface area (Å²) in [6.45, 7) is 4.52. The molecule has 1 N–H and O–H groups in total. The molecule has 1 amide bonds. The van der Waals surface area contributed by atoms with E-state index in [1.165, 1.54) is 4.90 Å². The number of rotatable bonds is 5. The van der Waals surface area contributed by atoms with Crippen LogP contribution in [0.1, 0.15) is 24.8 Å². The third kappa shape index (κ3) is 3.67.